The number of hydrazine groups is 1. The largest absolute Gasteiger partial charge is 0.494 e. The normalized spacial score (nSPS) is 24.2. The van der Waals surface area contributed by atoms with Gasteiger partial charge in [-0.1, -0.05) is 20.8 Å². The summed E-state index contributed by atoms with van der Waals surface area (Å²) < 4.78 is 0. The quantitative estimate of drug-likeness (QED) is 0.525. The van der Waals surface area contributed by atoms with Crippen LogP contribution >= 0.6 is 0 Å². The molecule has 0 radical (unpaired) electrons. The van der Waals surface area contributed by atoms with E-state index >= 15 is 0 Å². The van der Waals surface area contributed by atoms with Gasteiger partial charge in [0.15, 0.2) is 5.57 Å². The Bertz CT molecular complexity index is 891. The Labute approximate surface area is 175 Å². The Morgan fingerprint density at radius 2 is 2.10 bits per heavy atom. The maximum Gasteiger partial charge on any atom is 0.281 e. The predicted molar refractivity (Wildman–Crippen MR) is 110 cm³/mol. The van der Waals surface area contributed by atoms with E-state index in [1.54, 1.807) is 11.1 Å². The maximum atomic E-state index is 13.1. The van der Waals surface area contributed by atoms with Crippen LogP contribution in [0.2, 0.25) is 0 Å². The molecule has 1 saturated carbocycles. The van der Waals surface area contributed by atoms with Crippen molar-refractivity contribution in [3.8, 4) is 0 Å². The third kappa shape index (κ3) is 4.04. The number of fused-ring (bicyclic) bond motifs is 1. The maximum absolute atomic E-state index is 13.1. The van der Waals surface area contributed by atoms with Crippen LogP contribution < -0.4 is 16.1 Å². The number of nitrogens with zero attached hydrogens (tertiary/aromatic N) is 4. The van der Waals surface area contributed by atoms with Gasteiger partial charge in [-0.15, -0.1) is 0 Å². The fourth-order valence-corrected chi connectivity index (χ4v) is 3.77. The summed E-state index contributed by atoms with van der Waals surface area (Å²) in [5.41, 5.74) is 3.66. The van der Waals surface area contributed by atoms with E-state index in [-0.39, 0.29) is 29.1 Å². The molecule has 3 aliphatic rings. The average Bonchev–Trinajstić information content (AvgIpc) is 3.36. The lowest BCUT2D eigenvalue weighted by molar-refractivity contribution is -0.142. The topological polar surface area (TPSA) is 123 Å². The van der Waals surface area contributed by atoms with E-state index in [9.17, 15) is 14.7 Å². The van der Waals surface area contributed by atoms with E-state index in [1.165, 1.54) is 11.3 Å². The molecule has 0 spiro atoms. The molecule has 162 valence electrons. The number of hydrogen-bond donors (Lipinski definition) is 4. The zero-order valence-corrected chi connectivity index (χ0v) is 17.8. The molecular weight excluding hydrogens is 386 g/mol. The second kappa shape index (κ2) is 7.42. The molecule has 1 saturated heterocycles. The highest BCUT2D eigenvalue weighted by atomic mass is 16.3. The fraction of sp³-hybridized carbons (Fsp3) is 0.600. The Balaban J connectivity index is 1.61. The molecule has 1 aromatic heterocycles. The van der Waals surface area contributed by atoms with Crippen LogP contribution in [0.25, 0.3) is 0 Å². The first-order valence-corrected chi connectivity index (χ1v) is 10.3. The van der Waals surface area contributed by atoms with Gasteiger partial charge in [-0.25, -0.2) is 20.4 Å². The van der Waals surface area contributed by atoms with E-state index in [0.717, 1.165) is 18.4 Å². The molecule has 2 fully saturated rings. The Morgan fingerprint density at radius 1 is 1.37 bits per heavy atom. The van der Waals surface area contributed by atoms with Crippen molar-refractivity contribution in [3.05, 3.63) is 29.5 Å². The molecule has 2 amide bonds. The zero-order chi connectivity index (χ0) is 21.6. The number of aromatic nitrogens is 2. The van der Waals surface area contributed by atoms with E-state index in [0.29, 0.717) is 18.8 Å². The van der Waals surface area contributed by atoms with Gasteiger partial charge in [-0.05, 0) is 25.2 Å². The first-order valence-electron chi connectivity index (χ1n) is 10.3. The molecule has 2 unspecified atom stereocenters. The van der Waals surface area contributed by atoms with Gasteiger partial charge in [-0.3, -0.25) is 9.59 Å². The lowest BCUT2D eigenvalue weighted by Gasteiger charge is -2.42. The number of carbonyl (C=O) groups is 2. The van der Waals surface area contributed by atoms with Gasteiger partial charge in [-0.2, -0.15) is 0 Å². The minimum absolute atomic E-state index is 0.0843. The van der Waals surface area contributed by atoms with Crippen LogP contribution in [0.1, 0.15) is 45.6 Å². The number of carbonyl (C=O) groups excluding carboxylic acids is 2. The number of anilines is 1. The van der Waals surface area contributed by atoms with Gasteiger partial charge >= 0.3 is 0 Å². The van der Waals surface area contributed by atoms with Crippen LogP contribution in [0.4, 0.5) is 5.82 Å². The number of aliphatic hydroxyl groups is 1. The van der Waals surface area contributed by atoms with Gasteiger partial charge in [0.25, 0.3) is 11.8 Å². The standard InChI is InChI=1S/C20H29N7O3/c1-11-8-21-10-22-16(11)24-13-7-14-26(9-20(2,3)4)18(29)15(19(30)27(14)25-13)17(28)23-12-5-6-12/h8,10,12-14,25,29H,5-7,9H2,1-4H3,(H,23,28)(H,21,22,24). The van der Waals surface area contributed by atoms with Gasteiger partial charge in [0.1, 0.15) is 18.3 Å². The number of nitrogens with one attached hydrogen (secondary N) is 3. The van der Waals surface area contributed by atoms with E-state index < -0.39 is 18.0 Å². The monoisotopic (exact) mass is 415 g/mol. The second-order valence-electron chi connectivity index (χ2n) is 9.41. The first-order chi connectivity index (χ1) is 14.1. The summed E-state index contributed by atoms with van der Waals surface area (Å²) in [4.78, 5) is 35.9. The zero-order valence-electron chi connectivity index (χ0n) is 17.8. The van der Waals surface area contributed by atoms with Crippen molar-refractivity contribution in [3.63, 3.8) is 0 Å². The summed E-state index contributed by atoms with van der Waals surface area (Å²) in [5.74, 6) is -0.636. The van der Waals surface area contributed by atoms with Crippen LogP contribution in [0.5, 0.6) is 0 Å². The van der Waals surface area contributed by atoms with E-state index in [2.05, 4.69) is 26.0 Å². The Hall–Kier alpha value is -2.88. The van der Waals surface area contributed by atoms with Gasteiger partial charge < -0.3 is 20.6 Å². The van der Waals surface area contributed by atoms with E-state index in [4.69, 9.17) is 0 Å². The van der Waals surface area contributed by atoms with E-state index in [1.807, 2.05) is 27.7 Å². The molecule has 30 heavy (non-hydrogen) atoms. The Kier molecular flexibility index (Phi) is 5.05. The van der Waals surface area contributed by atoms with Crippen LogP contribution in [-0.4, -0.2) is 61.7 Å². The van der Waals surface area contributed by atoms with Crippen molar-refractivity contribution >= 4 is 17.6 Å². The predicted octanol–water partition coefficient (Wildman–Crippen LogP) is 0.996. The number of aliphatic hydroxyl groups excluding tert-OH is 1. The summed E-state index contributed by atoms with van der Waals surface area (Å²) in [6.07, 6.45) is 4.75. The smallest absolute Gasteiger partial charge is 0.281 e. The Morgan fingerprint density at radius 3 is 2.73 bits per heavy atom. The van der Waals surface area contributed by atoms with Crippen LogP contribution in [0.15, 0.2) is 24.0 Å². The third-order valence-corrected chi connectivity index (χ3v) is 5.32. The van der Waals surface area contributed by atoms with Crippen molar-refractivity contribution in [1.29, 1.82) is 0 Å². The molecule has 10 heteroatoms. The lowest BCUT2D eigenvalue weighted by atomic mass is 9.95. The molecule has 2 atom stereocenters. The summed E-state index contributed by atoms with van der Waals surface area (Å²) in [6.45, 7) is 8.53. The SMILES string of the molecule is Cc1cncnc1NC1CC2N(CC(C)(C)C)C(O)=C(C(=O)NC3CC3)C(=O)N2N1. The fourth-order valence-electron chi connectivity index (χ4n) is 3.77. The molecule has 0 bridgehead atoms. The number of amides is 2. The molecular formula is C20H29N7O3. The van der Waals surface area contributed by atoms with Gasteiger partial charge in [0.05, 0.1) is 6.17 Å². The highest BCUT2D eigenvalue weighted by Crippen LogP contribution is 2.33. The summed E-state index contributed by atoms with van der Waals surface area (Å²) >= 11 is 0. The number of hydrogen-bond acceptors (Lipinski definition) is 8. The highest BCUT2D eigenvalue weighted by molar-refractivity contribution is 6.19. The molecule has 10 nitrogen and oxygen atoms in total. The molecule has 4 N–H and O–H groups in total. The molecule has 4 rings (SSSR count). The summed E-state index contributed by atoms with van der Waals surface area (Å²) in [7, 11) is 0. The van der Waals surface area contributed by atoms with Crippen molar-refractivity contribution < 1.29 is 14.7 Å². The second-order valence-corrected chi connectivity index (χ2v) is 9.41. The van der Waals surface area contributed by atoms with Gasteiger partial charge in [0, 0.05) is 30.8 Å². The lowest BCUT2D eigenvalue weighted by Crippen LogP contribution is -2.58. The molecule has 1 aromatic rings. The van der Waals surface area contributed by atoms with Crippen LogP contribution in [0, 0.1) is 12.3 Å². The molecule has 1 aliphatic carbocycles. The average molecular weight is 415 g/mol. The number of aryl methyl sites for hydroxylation is 1. The van der Waals surface area contributed by atoms with Crippen molar-refractivity contribution in [2.45, 2.75) is 65.3 Å². The first kappa shape index (κ1) is 20.4. The van der Waals surface area contributed by atoms with Crippen LogP contribution in [-0.2, 0) is 9.59 Å². The van der Waals surface area contributed by atoms with Crippen molar-refractivity contribution in [2.24, 2.45) is 5.41 Å². The van der Waals surface area contributed by atoms with Crippen LogP contribution in [0.3, 0.4) is 0 Å². The minimum Gasteiger partial charge on any atom is -0.494 e. The highest BCUT2D eigenvalue weighted by Gasteiger charge is 2.49. The molecule has 0 aromatic carbocycles. The van der Waals surface area contributed by atoms with Crippen molar-refractivity contribution in [2.75, 3.05) is 11.9 Å². The minimum atomic E-state index is -0.526. The summed E-state index contributed by atoms with van der Waals surface area (Å²) in [5, 5.41) is 18.5. The third-order valence-electron chi connectivity index (χ3n) is 5.32. The molecule has 3 heterocycles. The molecule has 2 aliphatic heterocycles. The summed E-state index contributed by atoms with van der Waals surface area (Å²) in [6, 6.07) is 0.0843. The van der Waals surface area contributed by atoms with Crippen molar-refractivity contribution in [1.82, 2.24) is 30.6 Å². The van der Waals surface area contributed by atoms with Gasteiger partial charge in [0.2, 0.25) is 5.88 Å². The number of rotatable bonds is 5.